The van der Waals surface area contributed by atoms with Crippen LogP contribution in [0.1, 0.15) is 36.8 Å². The van der Waals surface area contributed by atoms with Gasteiger partial charge >= 0.3 is 6.03 Å². The van der Waals surface area contributed by atoms with Crippen LogP contribution in [0.25, 0.3) is 0 Å². The summed E-state index contributed by atoms with van der Waals surface area (Å²) >= 11 is 0. The van der Waals surface area contributed by atoms with Crippen LogP contribution in [0.3, 0.4) is 0 Å². The number of hydrogen-bond donors (Lipinski definition) is 2. The van der Waals surface area contributed by atoms with Crippen molar-refractivity contribution in [2.24, 2.45) is 0 Å². The number of H-pyrrole nitrogens is 1. The topological polar surface area (TPSA) is 73.9 Å². The van der Waals surface area contributed by atoms with Gasteiger partial charge in [0.1, 0.15) is 6.04 Å². The zero-order chi connectivity index (χ0) is 14.8. The molecular weight excluding hydrogens is 266 g/mol. The number of urea groups is 1. The molecular formula is C15H19N5O. The van der Waals surface area contributed by atoms with E-state index in [1.54, 1.807) is 18.7 Å². The Labute approximate surface area is 123 Å². The van der Waals surface area contributed by atoms with Crippen LogP contribution in [0.4, 0.5) is 4.79 Å². The summed E-state index contributed by atoms with van der Waals surface area (Å²) in [4.78, 5) is 26.0. The third-order valence-corrected chi connectivity index (χ3v) is 3.62. The number of carbonyl (C=O) groups is 1. The first-order valence-corrected chi connectivity index (χ1v) is 7.16. The maximum atomic E-state index is 12.5. The standard InChI is InChI=1S/C15H19N5O/c1-10(2)19-15(21)20-8-5-12-13(18-9-17-12)14(20)11-3-6-16-7-4-11/h3-4,6-7,9-10,14H,5,8H2,1-2H3,(H,17,18)(H,19,21)/t14-/m1/s1. The number of hydrogen-bond acceptors (Lipinski definition) is 3. The molecule has 6 heteroatoms. The van der Waals surface area contributed by atoms with Crippen LogP contribution in [-0.4, -0.2) is 38.5 Å². The maximum absolute atomic E-state index is 12.5. The van der Waals surface area contributed by atoms with Crippen molar-refractivity contribution in [3.8, 4) is 0 Å². The molecule has 0 saturated heterocycles. The summed E-state index contributed by atoms with van der Waals surface area (Å²) in [5.74, 6) is 0. The quantitative estimate of drug-likeness (QED) is 0.884. The van der Waals surface area contributed by atoms with Crippen molar-refractivity contribution in [1.82, 2.24) is 25.2 Å². The number of fused-ring (bicyclic) bond motifs is 1. The zero-order valence-electron chi connectivity index (χ0n) is 12.2. The monoisotopic (exact) mass is 285 g/mol. The normalized spacial score (nSPS) is 17.7. The van der Waals surface area contributed by atoms with Gasteiger partial charge in [-0.05, 0) is 31.5 Å². The Morgan fingerprint density at radius 2 is 2.19 bits per heavy atom. The molecule has 6 nitrogen and oxygen atoms in total. The molecule has 0 unspecified atom stereocenters. The second-order valence-corrected chi connectivity index (χ2v) is 5.50. The van der Waals surface area contributed by atoms with Crippen LogP contribution in [0.2, 0.25) is 0 Å². The average molecular weight is 285 g/mol. The van der Waals surface area contributed by atoms with Crippen molar-refractivity contribution in [1.29, 1.82) is 0 Å². The minimum Gasteiger partial charge on any atom is -0.348 e. The lowest BCUT2D eigenvalue weighted by molar-refractivity contribution is 0.176. The summed E-state index contributed by atoms with van der Waals surface area (Å²) in [6.07, 6.45) is 5.98. The van der Waals surface area contributed by atoms with Gasteiger partial charge in [0.15, 0.2) is 0 Å². The lowest BCUT2D eigenvalue weighted by Gasteiger charge is -2.35. The Kier molecular flexibility index (Phi) is 3.60. The summed E-state index contributed by atoms with van der Waals surface area (Å²) in [5.41, 5.74) is 3.05. The molecule has 1 aliphatic rings. The average Bonchev–Trinajstić information content (AvgIpc) is 2.94. The Hall–Kier alpha value is -2.37. The summed E-state index contributed by atoms with van der Waals surface area (Å²) in [6.45, 7) is 4.59. The zero-order valence-corrected chi connectivity index (χ0v) is 12.2. The Balaban J connectivity index is 1.98. The van der Waals surface area contributed by atoms with Crippen molar-refractivity contribution in [2.75, 3.05) is 6.54 Å². The molecule has 2 aromatic heterocycles. The van der Waals surface area contributed by atoms with E-state index < -0.39 is 0 Å². The number of carbonyl (C=O) groups excluding carboxylic acids is 1. The lowest BCUT2D eigenvalue weighted by Crippen LogP contribution is -2.48. The van der Waals surface area contributed by atoms with Gasteiger partial charge in [0.25, 0.3) is 0 Å². The number of rotatable bonds is 2. The van der Waals surface area contributed by atoms with Crippen molar-refractivity contribution in [3.05, 3.63) is 47.8 Å². The van der Waals surface area contributed by atoms with E-state index in [0.29, 0.717) is 6.54 Å². The van der Waals surface area contributed by atoms with Gasteiger partial charge in [0.2, 0.25) is 0 Å². The van der Waals surface area contributed by atoms with Gasteiger partial charge in [-0.25, -0.2) is 9.78 Å². The van der Waals surface area contributed by atoms with Gasteiger partial charge in [-0.1, -0.05) is 0 Å². The number of aromatic nitrogens is 3. The molecule has 0 aliphatic carbocycles. The molecule has 0 radical (unpaired) electrons. The minimum atomic E-state index is -0.165. The van der Waals surface area contributed by atoms with E-state index in [1.807, 2.05) is 30.9 Å². The predicted octanol–water partition coefficient (Wildman–Crippen LogP) is 1.87. The Morgan fingerprint density at radius 1 is 1.43 bits per heavy atom. The predicted molar refractivity (Wildman–Crippen MR) is 78.7 cm³/mol. The third kappa shape index (κ3) is 2.61. The molecule has 110 valence electrons. The van der Waals surface area contributed by atoms with E-state index >= 15 is 0 Å². The molecule has 0 fully saturated rings. The van der Waals surface area contributed by atoms with E-state index in [0.717, 1.165) is 23.4 Å². The highest BCUT2D eigenvalue weighted by Gasteiger charge is 2.34. The molecule has 0 saturated carbocycles. The molecule has 0 spiro atoms. The Bertz CT molecular complexity index is 622. The van der Waals surface area contributed by atoms with E-state index in [1.165, 1.54) is 0 Å². The molecule has 1 aliphatic heterocycles. The van der Waals surface area contributed by atoms with E-state index in [9.17, 15) is 4.79 Å². The summed E-state index contributed by atoms with van der Waals surface area (Å²) < 4.78 is 0. The number of nitrogens with zero attached hydrogens (tertiary/aromatic N) is 3. The lowest BCUT2D eigenvalue weighted by atomic mass is 9.97. The number of nitrogens with one attached hydrogen (secondary N) is 2. The van der Waals surface area contributed by atoms with Crippen molar-refractivity contribution >= 4 is 6.03 Å². The van der Waals surface area contributed by atoms with Crippen LogP contribution in [0, 0.1) is 0 Å². The van der Waals surface area contributed by atoms with Gasteiger partial charge in [-0.3, -0.25) is 4.98 Å². The second kappa shape index (κ2) is 5.55. The van der Waals surface area contributed by atoms with Crippen LogP contribution in [-0.2, 0) is 6.42 Å². The maximum Gasteiger partial charge on any atom is 0.318 e. The van der Waals surface area contributed by atoms with Gasteiger partial charge in [-0.15, -0.1) is 0 Å². The molecule has 0 bridgehead atoms. The molecule has 3 rings (SSSR count). The molecule has 3 heterocycles. The molecule has 2 N–H and O–H groups in total. The fraction of sp³-hybridized carbons (Fsp3) is 0.400. The first-order valence-electron chi connectivity index (χ1n) is 7.16. The number of imidazole rings is 1. The molecule has 2 amide bonds. The summed E-state index contributed by atoms with van der Waals surface area (Å²) in [6, 6.07) is 3.76. The Morgan fingerprint density at radius 3 is 2.90 bits per heavy atom. The minimum absolute atomic E-state index is 0.0551. The van der Waals surface area contributed by atoms with Crippen LogP contribution < -0.4 is 5.32 Å². The van der Waals surface area contributed by atoms with Gasteiger partial charge < -0.3 is 15.2 Å². The number of amides is 2. The summed E-state index contributed by atoms with van der Waals surface area (Å²) in [7, 11) is 0. The number of aromatic amines is 1. The van der Waals surface area contributed by atoms with Gasteiger partial charge in [0.05, 0.1) is 12.0 Å². The smallest absolute Gasteiger partial charge is 0.318 e. The van der Waals surface area contributed by atoms with E-state index in [-0.39, 0.29) is 18.1 Å². The fourth-order valence-corrected chi connectivity index (χ4v) is 2.71. The van der Waals surface area contributed by atoms with E-state index in [4.69, 9.17) is 0 Å². The van der Waals surface area contributed by atoms with Gasteiger partial charge in [0, 0.05) is 37.1 Å². The highest BCUT2D eigenvalue weighted by Crippen LogP contribution is 2.32. The van der Waals surface area contributed by atoms with Crippen molar-refractivity contribution in [2.45, 2.75) is 32.4 Å². The highest BCUT2D eigenvalue weighted by atomic mass is 16.2. The van der Waals surface area contributed by atoms with E-state index in [2.05, 4.69) is 20.3 Å². The largest absolute Gasteiger partial charge is 0.348 e. The molecule has 1 atom stereocenters. The van der Waals surface area contributed by atoms with Crippen molar-refractivity contribution < 1.29 is 4.79 Å². The molecule has 21 heavy (non-hydrogen) atoms. The number of pyridine rings is 1. The van der Waals surface area contributed by atoms with Crippen molar-refractivity contribution in [3.63, 3.8) is 0 Å². The van der Waals surface area contributed by atoms with Crippen LogP contribution in [0.5, 0.6) is 0 Å². The van der Waals surface area contributed by atoms with Crippen LogP contribution in [0.15, 0.2) is 30.9 Å². The highest BCUT2D eigenvalue weighted by molar-refractivity contribution is 5.76. The first kappa shape index (κ1) is 13.6. The van der Waals surface area contributed by atoms with Gasteiger partial charge in [-0.2, -0.15) is 0 Å². The first-order chi connectivity index (χ1) is 10.2. The second-order valence-electron chi connectivity index (χ2n) is 5.50. The summed E-state index contributed by atoms with van der Waals surface area (Å²) in [5, 5.41) is 2.97. The molecule has 2 aromatic rings. The SMILES string of the molecule is CC(C)NC(=O)N1CCc2[nH]cnc2[C@H]1c1ccncc1. The fourth-order valence-electron chi connectivity index (χ4n) is 2.71. The third-order valence-electron chi connectivity index (χ3n) is 3.62. The molecule has 0 aromatic carbocycles. The van der Waals surface area contributed by atoms with Crippen LogP contribution >= 0.6 is 0 Å².